The van der Waals surface area contributed by atoms with Gasteiger partial charge in [0, 0.05) is 0 Å². The molecule has 0 saturated carbocycles. The Balaban J connectivity index is 2.58. The SMILES string of the molecule is CCCCc1cc[c]([Sn]=[S])cc1. The van der Waals surface area contributed by atoms with E-state index in [9.17, 15) is 0 Å². The van der Waals surface area contributed by atoms with E-state index in [1.54, 1.807) is 0 Å². The maximum absolute atomic E-state index is 5.12. The van der Waals surface area contributed by atoms with Crippen LogP contribution in [0.15, 0.2) is 24.3 Å². The molecule has 2 heteroatoms. The zero-order valence-corrected chi connectivity index (χ0v) is 11.0. The second kappa shape index (κ2) is 5.81. The predicted octanol–water partition coefficient (Wildman–Crippen LogP) is 2.47. The molecule has 1 aromatic carbocycles. The normalized spacial score (nSPS) is 9.75. The molecule has 0 unspecified atom stereocenters. The first kappa shape index (κ1) is 10.3. The molecule has 0 aliphatic heterocycles. The molecule has 1 rings (SSSR count). The Morgan fingerprint density at radius 1 is 1.25 bits per heavy atom. The van der Waals surface area contributed by atoms with Crippen LogP contribution in [0.1, 0.15) is 25.3 Å². The minimum absolute atomic E-state index is 0.605. The van der Waals surface area contributed by atoms with E-state index in [1.165, 1.54) is 28.4 Å². The molecule has 63 valence electrons. The van der Waals surface area contributed by atoms with E-state index in [0.29, 0.717) is 0 Å². The van der Waals surface area contributed by atoms with Gasteiger partial charge in [-0.3, -0.25) is 0 Å². The second-order valence-corrected chi connectivity index (χ2v) is 6.50. The Morgan fingerprint density at radius 2 is 1.92 bits per heavy atom. The number of unbranched alkanes of at least 4 members (excludes halogenated alkanes) is 1. The maximum atomic E-state index is 5.12. The standard InChI is InChI=1S/C10H13.S.Sn/c1-2-3-7-10-8-5-4-6-9-10;;/h5-6,8-9H,2-3,7H2,1H3;;. The Hall–Kier alpha value is 0.239. The second-order valence-electron chi connectivity index (χ2n) is 2.90. The van der Waals surface area contributed by atoms with Crippen molar-refractivity contribution in [3.63, 3.8) is 0 Å². The van der Waals surface area contributed by atoms with Gasteiger partial charge in [-0.05, 0) is 0 Å². The fourth-order valence-electron chi connectivity index (χ4n) is 1.12. The Kier molecular flexibility index (Phi) is 5.00. The van der Waals surface area contributed by atoms with Crippen LogP contribution in [-0.2, 0) is 6.42 Å². The van der Waals surface area contributed by atoms with Crippen LogP contribution in [0.25, 0.3) is 0 Å². The van der Waals surface area contributed by atoms with Crippen molar-refractivity contribution in [2.75, 3.05) is 0 Å². The van der Waals surface area contributed by atoms with E-state index < -0.39 is 19.2 Å². The van der Waals surface area contributed by atoms with E-state index >= 15 is 0 Å². The monoisotopic (exact) mass is 285 g/mol. The minimum atomic E-state index is -0.605. The summed E-state index contributed by atoms with van der Waals surface area (Å²) in [4.78, 5) is 0. The van der Waals surface area contributed by atoms with Gasteiger partial charge in [0.1, 0.15) is 0 Å². The third-order valence-corrected chi connectivity index (χ3v) is 5.10. The molecule has 0 saturated heterocycles. The van der Waals surface area contributed by atoms with Crippen molar-refractivity contribution in [1.82, 2.24) is 0 Å². The molecule has 0 aliphatic carbocycles. The van der Waals surface area contributed by atoms with E-state index in [1.807, 2.05) is 0 Å². The van der Waals surface area contributed by atoms with Gasteiger partial charge in [-0.25, -0.2) is 0 Å². The zero-order chi connectivity index (χ0) is 8.81. The Bertz CT molecular complexity index is 241. The number of benzene rings is 1. The first-order chi connectivity index (χ1) is 5.86. The number of aryl methyl sites for hydroxylation is 1. The number of hydrogen-bond acceptors (Lipinski definition) is 1. The van der Waals surface area contributed by atoms with Crippen LogP contribution in [0.4, 0.5) is 0 Å². The van der Waals surface area contributed by atoms with Crippen LogP contribution in [0.5, 0.6) is 0 Å². The summed E-state index contributed by atoms with van der Waals surface area (Å²) in [5.41, 5.74) is 1.46. The summed E-state index contributed by atoms with van der Waals surface area (Å²) in [5.74, 6) is 0. The van der Waals surface area contributed by atoms with Crippen molar-refractivity contribution in [2.24, 2.45) is 0 Å². The van der Waals surface area contributed by atoms with Gasteiger partial charge in [0.15, 0.2) is 0 Å². The molecule has 0 aliphatic rings. The quantitative estimate of drug-likeness (QED) is 0.765. The first-order valence-corrected chi connectivity index (χ1v) is 9.67. The topological polar surface area (TPSA) is 0 Å². The molecule has 1 radical (unpaired) electrons. The third kappa shape index (κ3) is 3.31. The molecule has 0 aromatic heterocycles. The summed E-state index contributed by atoms with van der Waals surface area (Å²) >= 11 is -0.605. The van der Waals surface area contributed by atoms with Crippen LogP contribution in [0.2, 0.25) is 0 Å². The van der Waals surface area contributed by atoms with Crippen LogP contribution in [0.3, 0.4) is 0 Å². The average molecular weight is 284 g/mol. The fourth-order valence-corrected chi connectivity index (χ4v) is 2.90. The van der Waals surface area contributed by atoms with E-state index in [4.69, 9.17) is 9.29 Å². The first-order valence-electron chi connectivity index (χ1n) is 4.34. The molecule has 0 N–H and O–H groups in total. The number of rotatable bonds is 4. The fraction of sp³-hybridized carbons (Fsp3) is 0.400. The van der Waals surface area contributed by atoms with Crippen molar-refractivity contribution in [1.29, 1.82) is 0 Å². The van der Waals surface area contributed by atoms with Gasteiger partial charge in [-0.2, -0.15) is 0 Å². The van der Waals surface area contributed by atoms with Gasteiger partial charge >= 0.3 is 88.1 Å². The summed E-state index contributed by atoms with van der Waals surface area (Å²) in [6, 6.07) is 8.89. The summed E-state index contributed by atoms with van der Waals surface area (Å²) < 4.78 is 1.42. The molecular weight excluding hydrogens is 271 g/mol. The third-order valence-electron chi connectivity index (χ3n) is 1.89. The van der Waals surface area contributed by atoms with Gasteiger partial charge in [-0.15, -0.1) is 0 Å². The van der Waals surface area contributed by atoms with E-state index in [2.05, 4.69) is 31.2 Å². The molecule has 1 aromatic rings. The van der Waals surface area contributed by atoms with Gasteiger partial charge in [-0.1, -0.05) is 0 Å². The summed E-state index contributed by atoms with van der Waals surface area (Å²) in [7, 11) is 5.12. The van der Waals surface area contributed by atoms with Gasteiger partial charge in [0.2, 0.25) is 0 Å². The molecular formula is C10H13SSn. The zero-order valence-electron chi connectivity index (χ0n) is 7.34. The summed E-state index contributed by atoms with van der Waals surface area (Å²) in [5, 5.41) is 0. The van der Waals surface area contributed by atoms with Crippen molar-refractivity contribution in [3.8, 4) is 0 Å². The molecule has 0 spiro atoms. The molecule has 0 fully saturated rings. The van der Waals surface area contributed by atoms with Gasteiger partial charge < -0.3 is 0 Å². The van der Waals surface area contributed by atoms with Crippen LogP contribution in [0, 0.1) is 0 Å². The van der Waals surface area contributed by atoms with Gasteiger partial charge in [0.05, 0.1) is 0 Å². The summed E-state index contributed by atoms with van der Waals surface area (Å²) in [6.07, 6.45) is 3.80. The number of hydrogen-bond donors (Lipinski definition) is 0. The summed E-state index contributed by atoms with van der Waals surface area (Å²) in [6.45, 7) is 2.23. The molecule has 0 heterocycles. The Morgan fingerprint density at radius 3 is 2.42 bits per heavy atom. The predicted molar refractivity (Wildman–Crippen MR) is 58.0 cm³/mol. The van der Waals surface area contributed by atoms with E-state index in [0.717, 1.165) is 0 Å². The van der Waals surface area contributed by atoms with Crippen molar-refractivity contribution < 1.29 is 0 Å². The van der Waals surface area contributed by atoms with Crippen molar-refractivity contribution in [3.05, 3.63) is 29.8 Å². The van der Waals surface area contributed by atoms with E-state index in [-0.39, 0.29) is 0 Å². The Labute approximate surface area is 87.8 Å². The van der Waals surface area contributed by atoms with Crippen LogP contribution < -0.4 is 3.58 Å². The molecule has 0 amide bonds. The van der Waals surface area contributed by atoms with Crippen molar-refractivity contribution in [2.45, 2.75) is 26.2 Å². The van der Waals surface area contributed by atoms with Crippen molar-refractivity contribution >= 4 is 32.1 Å². The van der Waals surface area contributed by atoms with Crippen LogP contribution >= 0.6 is 9.29 Å². The molecule has 0 bridgehead atoms. The molecule has 12 heavy (non-hydrogen) atoms. The molecule has 0 nitrogen and oxygen atoms in total. The molecule has 0 atom stereocenters. The average Bonchev–Trinajstić information content (AvgIpc) is 2.15. The van der Waals surface area contributed by atoms with Gasteiger partial charge in [0.25, 0.3) is 0 Å². The van der Waals surface area contributed by atoms with Crippen LogP contribution in [-0.4, -0.2) is 19.2 Å².